The van der Waals surface area contributed by atoms with Crippen molar-refractivity contribution in [2.75, 3.05) is 12.8 Å². The van der Waals surface area contributed by atoms with Gasteiger partial charge < -0.3 is 15.2 Å². The number of amides is 1. The molecule has 1 heterocycles. The number of anilines is 1. The van der Waals surface area contributed by atoms with Crippen LogP contribution in [0.15, 0.2) is 52.2 Å². The standard InChI is InChI=1S/C19H19N5O4/c1-12-3-5-13(6-4-12)11-27-15-8-7-14(9-16(15)26-2)10-21-22-19(25)17-18(20)24-28-23-17/h3-10H,11H2,1-2H3,(H2,20,24)(H,22,25)/b21-10-. The van der Waals surface area contributed by atoms with Crippen molar-refractivity contribution in [3.8, 4) is 11.5 Å². The smallest absolute Gasteiger partial charge is 0.297 e. The highest BCUT2D eigenvalue weighted by Gasteiger charge is 2.14. The number of nitrogens with two attached hydrogens (primary N) is 1. The van der Waals surface area contributed by atoms with Crippen molar-refractivity contribution in [1.29, 1.82) is 0 Å². The summed E-state index contributed by atoms with van der Waals surface area (Å²) in [6, 6.07) is 13.4. The third kappa shape index (κ3) is 4.64. The van der Waals surface area contributed by atoms with E-state index in [1.54, 1.807) is 25.3 Å². The molecule has 1 amide bonds. The Morgan fingerprint density at radius 3 is 2.68 bits per heavy atom. The maximum Gasteiger partial charge on any atom is 0.297 e. The highest BCUT2D eigenvalue weighted by atomic mass is 16.6. The van der Waals surface area contributed by atoms with Crippen LogP contribution in [0.4, 0.5) is 5.82 Å². The first-order valence-corrected chi connectivity index (χ1v) is 8.34. The Hall–Kier alpha value is -3.88. The van der Waals surface area contributed by atoms with Crippen LogP contribution in [-0.2, 0) is 6.61 Å². The van der Waals surface area contributed by atoms with E-state index in [2.05, 4.69) is 25.5 Å². The summed E-state index contributed by atoms with van der Waals surface area (Å²) in [6.07, 6.45) is 1.45. The summed E-state index contributed by atoms with van der Waals surface area (Å²) >= 11 is 0. The van der Waals surface area contributed by atoms with Crippen LogP contribution in [0.5, 0.6) is 11.5 Å². The summed E-state index contributed by atoms with van der Waals surface area (Å²) in [5.74, 6) is 0.419. The van der Waals surface area contributed by atoms with Crippen molar-refractivity contribution in [1.82, 2.24) is 15.7 Å². The topological polar surface area (TPSA) is 125 Å². The molecular formula is C19H19N5O4. The number of aromatic nitrogens is 2. The van der Waals surface area contributed by atoms with E-state index < -0.39 is 5.91 Å². The third-order valence-electron chi connectivity index (χ3n) is 3.81. The number of nitrogens with zero attached hydrogens (tertiary/aromatic N) is 3. The lowest BCUT2D eigenvalue weighted by Crippen LogP contribution is -2.19. The van der Waals surface area contributed by atoms with Crippen LogP contribution in [0.3, 0.4) is 0 Å². The molecule has 0 fully saturated rings. The highest BCUT2D eigenvalue weighted by molar-refractivity contribution is 5.96. The van der Waals surface area contributed by atoms with Crippen LogP contribution in [0, 0.1) is 6.92 Å². The number of nitrogens with one attached hydrogen (secondary N) is 1. The summed E-state index contributed by atoms with van der Waals surface area (Å²) in [4.78, 5) is 11.8. The monoisotopic (exact) mass is 381 g/mol. The molecule has 3 N–H and O–H groups in total. The van der Waals surface area contributed by atoms with E-state index in [-0.39, 0.29) is 11.5 Å². The summed E-state index contributed by atoms with van der Waals surface area (Å²) in [5.41, 5.74) is 10.6. The second-order valence-electron chi connectivity index (χ2n) is 5.88. The molecule has 0 radical (unpaired) electrons. The van der Waals surface area contributed by atoms with E-state index in [0.717, 1.165) is 5.56 Å². The molecule has 0 saturated heterocycles. The molecule has 3 rings (SSSR count). The second kappa shape index (κ2) is 8.67. The lowest BCUT2D eigenvalue weighted by atomic mass is 10.2. The molecule has 2 aromatic carbocycles. The first kappa shape index (κ1) is 18.9. The first-order chi connectivity index (χ1) is 13.6. The van der Waals surface area contributed by atoms with E-state index in [1.165, 1.54) is 11.8 Å². The zero-order valence-corrected chi connectivity index (χ0v) is 15.4. The molecule has 0 unspecified atom stereocenters. The molecule has 9 nitrogen and oxygen atoms in total. The van der Waals surface area contributed by atoms with Gasteiger partial charge in [-0.1, -0.05) is 29.8 Å². The quantitative estimate of drug-likeness (QED) is 0.475. The fraction of sp³-hybridized carbons (Fsp3) is 0.158. The Morgan fingerprint density at radius 2 is 2.00 bits per heavy atom. The third-order valence-corrected chi connectivity index (χ3v) is 3.81. The van der Waals surface area contributed by atoms with Crippen LogP contribution in [0.1, 0.15) is 27.2 Å². The van der Waals surface area contributed by atoms with E-state index in [4.69, 9.17) is 15.2 Å². The predicted octanol–water partition coefficient (Wildman–Crippen LogP) is 2.31. The average molecular weight is 381 g/mol. The SMILES string of the molecule is COc1cc(/C=N\NC(=O)c2nonc2N)ccc1OCc1ccc(C)cc1. The lowest BCUT2D eigenvalue weighted by Gasteiger charge is -2.11. The van der Waals surface area contributed by atoms with Crippen molar-refractivity contribution in [2.24, 2.45) is 5.10 Å². The van der Waals surface area contributed by atoms with Crippen molar-refractivity contribution in [3.05, 3.63) is 64.8 Å². The number of aryl methyl sites for hydroxylation is 1. The summed E-state index contributed by atoms with van der Waals surface area (Å²) in [5, 5.41) is 10.6. The zero-order valence-electron chi connectivity index (χ0n) is 15.4. The van der Waals surface area contributed by atoms with Gasteiger partial charge in [0.15, 0.2) is 11.5 Å². The van der Waals surface area contributed by atoms with Crippen LogP contribution < -0.4 is 20.6 Å². The van der Waals surface area contributed by atoms with E-state index in [0.29, 0.717) is 23.7 Å². The lowest BCUT2D eigenvalue weighted by molar-refractivity contribution is 0.0946. The maximum absolute atomic E-state index is 11.8. The molecule has 0 spiro atoms. The van der Waals surface area contributed by atoms with Gasteiger partial charge in [-0.05, 0) is 46.6 Å². The van der Waals surface area contributed by atoms with Gasteiger partial charge in [-0.25, -0.2) is 10.1 Å². The molecule has 3 aromatic rings. The summed E-state index contributed by atoms with van der Waals surface area (Å²) in [7, 11) is 1.55. The fourth-order valence-electron chi connectivity index (χ4n) is 2.30. The number of rotatable bonds is 7. The molecular weight excluding hydrogens is 362 g/mol. The number of hydrazone groups is 1. The molecule has 1 aromatic heterocycles. The minimum Gasteiger partial charge on any atom is -0.493 e. The number of benzene rings is 2. The Labute approximate surface area is 161 Å². The molecule has 9 heteroatoms. The molecule has 144 valence electrons. The van der Waals surface area contributed by atoms with E-state index >= 15 is 0 Å². The normalized spacial score (nSPS) is 10.8. The van der Waals surface area contributed by atoms with Gasteiger partial charge in [0.2, 0.25) is 11.5 Å². The van der Waals surface area contributed by atoms with Gasteiger partial charge in [-0.2, -0.15) is 5.10 Å². The van der Waals surface area contributed by atoms with Crippen LogP contribution in [0.25, 0.3) is 0 Å². The van der Waals surface area contributed by atoms with Crippen LogP contribution in [-0.4, -0.2) is 29.5 Å². The molecule has 0 saturated carbocycles. The second-order valence-corrected chi connectivity index (χ2v) is 5.88. The molecule has 0 aliphatic carbocycles. The maximum atomic E-state index is 11.8. The minimum absolute atomic E-state index is 0.107. The largest absolute Gasteiger partial charge is 0.493 e. The van der Waals surface area contributed by atoms with Gasteiger partial charge in [0.05, 0.1) is 13.3 Å². The minimum atomic E-state index is -0.625. The Kier molecular flexibility index (Phi) is 5.85. The number of hydrogen-bond acceptors (Lipinski definition) is 8. The number of nitrogen functional groups attached to an aromatic ring is 1. The van der Waals surface area contributed by atoms with Crippen molar-refractivity contribution in [2.45, 2.75) is 13.5 Å². The fourth-order valence-corrected chi connectivity index (χ4v) is 2.30. The van der Waals surface area contributed by atoms with Crippen molar-refractivity contribution >= 4 is 17.9 Å². The van der Waals surface area contributed by atoms with Gasteiger partial charge in [0.25, 0.3) is 5.91 Å². The summed E-state index contributed by atoms with van der Waals surface area (Å²) < 4.78 is 15.6. The van der Waals surface area contributed by atoms with Gasteiger partial charge in [0, 0.05) is 0 Å². The Morgan fingerprint density at radius 1 is 1.21 bits per heavy atom. The zero-order chi connectivity index (χ0) is 19.9. The predicted molar refractivity (Wildman–Crippen MR) is 102 cm³/mol. The van der Waals surface area contributed by atoms with Crippen LogP contribution >= 0.6 is 0 Å². The number of ether oxygens (including phenoxy) is 2. The Balaban J connectivity index is 1.62. The number of hydrogen-bond donors (Lipinski definition) is 2. The highest BCUT2D eigenvalue weighted by Crippen LogP contribution is 2.28. The van der Waals surface area contributed by atoms with Gasteiger partial charge in [-0.15, -0.1) is 0 Å². The van der Waals surface area contributed by atoms with Gasteiger partial charge >= 0.3 is 0 Å². The van der Waals surface area contributed by atoms with E-state index in [1.807, 2.05) is 31.2 Å². The van der Waals surface area contributed by atoms with Crippen molar-refractivity contribution in [3.63, 3.8) is 0 Å². The van der Waals surface area contributed by atoms with Gasteiger partial charge in [-0.3, -0.25) is 4.79 Å². The number of methoxy groups -OCH3 is 1. The number of carbonyl (C=O) groups excluding carboxylic acids is 1. The Bertz CT molecular complexity index is 982. The van der Waals surface area contributed by atoms with Crippen LogP contribution in [0.2, 0.25) is 0 Å². The van der Waals surface area contributed by atoms with Gasteiger partial charge in [0.1, 0.15) is 6.61 Å². The van der Waals surface area contributed by atoms with E-state index in [9.17, 15) is 4.79 Å². The molecule has 0 bridgehead atoms. The molecule has 0 atom stereocenters. The molecule has 0 aliphatic rings. The molecule has 0 aliphatic heterocycles. The molecule has 28 heavy (non-hydrogen) atoms. The summed E-state index contributed by atoms with van der Waals surface area (Å²) in [6.45, 7) is 2.46. The van der Waals surface area contributed by atoms with Crippen molar-refractivity contribution < 1.29 is 18.9 Å². The first-order valence-electron chi connectivity index (χ1n) is 8.34. The number of carbonyl (C=O) groups is 1. The average Bonchev–Trinajstić information content (AvgIpc) is 3.14.